The van der Waals surface area contributed by atoms with E-state index in [1.807, 2.05) is 12.1 Å². The van der Waals surface area contributed by atoms with Crippen molar-refractivity contribution in [2.45, 2.75) is 12.8 Å². The first-order valence-electron chi connectivity index (χ1n) is 9.43. The molecule has 3 rings (SSSR count). The zero-order valence-electron chi connectivity index (χ0n) is 16.8. The number of carbonyl (C=O) groups is 1. The van der Waals surface area contributed by atoms with Crippen LogP contribution in [-0.4, -0.2) is 5.91 Å². The van der Waals surface area contributed by atoms with Crippen molar-refractivity contribution in [2.75, 3.05) is 5.32 Å². The smallest absolute Gasteiger partial charge is 0.416 e. The van der Waals surface area contributed by atoms with Gasteiger partial charge in [0.2, 0.25) is 0 Å². The number of rotatable bonds is 6. The summed E-state index contributed by atoms with van der Waals surface area (Å²) in [6.45, 7) is 0.192. The average Bonchev–Trinajstić information content (AvgIpc) is 2.77. The minimum Gasteiger partial charge on any atom is -0.487 e. The van der Waals surface area contributed by atoms with Gasteiger partial charge in [-0.1, -0.05) is 53.5 Å². The lowest BCUT2D eigenvalue weighted by Crippen LogP contribution is -2.14. The lowest BCUT2D eigenvalue weighted by Gasteiger charge is -2.10. The number of anilines is 1. The number of halogens is 5. The van der Waals surface area contributed by atoms with Crippen molar-refractivity contribution in [3.63, 3.8) is 0 Å². The number of nitrogens with zero attached hydrogens (tertiary/aromatic N) is 1. The molecule has 0 unspecified atom stereocenters. The van der Waals surface area contributed by atoms with Crippen LogP contribution >= 0.6 is 23.2 Å². The fraction of sp³-hybridized carbons (Fsp3) is 0.0833. The minimum absolute atomic E-state index is 0.0858. The zero-order chi connectivity index (χ0) is 24.0. The Hall–Kier alpha value is -3.47. The third kappa shape index (κ3) is 6.51. The number of hydrogen-bond donors (Lipinski definition) is 1. The first-order chi connectivity index (χ1) is 15.7. The van der Waals surface area contributed by atoms with Gasteiger partial charge in [0.15, 0.2) is 0 Å². The second-order valence-electron chi connectivity index (χ2n) is 6.77. The summed E-state index contributed by atoms with van der Waals surface area (Å²) >= 11 is 12.4. The summed E-state index contributed by atoms with van der Waals surface area (Å²) < 4.78 is 44.2. The van der Waals surface area contributed by atoms with Crippen LogP contribution in [0.5, 0.6) is 5.75 Å². The highest BCUT2D eigenvalue weighted by molar-refractivity contribution is 6.32. The Morgan fingerprint density at radius 2 is 1.79 bits per heavy atom. The molecule has 0 radical (unpaired) electrons. The molecular weight excluding hydrogens is 476 g/mol. The molecular formula is C24H15Cl2F3N2O2. The second-order valence-corrected chi connectivity index (χ2v) is 7.59. The molecule has 33 heavy (non-hydrogen) atoms. The molecule has 0 aliphatic carbocycles. The number of alkyl halides is 3. The Labute approximate surface area is 197 Å². The minimum atomic E-state index is -4.55. The first-order valence-corrected chi connectivity index (χ1v) is 10.2. The summed E-state index contributed by atoms with van der Waals surface area (Å²) in [5.74, 6) is -0.479. The molecule has 0 spiro atoms. The van der Waals surface area contributed by atoms with Gasteiger partial charge in [0.05, 0.1) is 10.6 Å². The van der Waals surface area contributed by atoms with E-state index in [1.54, 1.807) is 30.3 Å². The topological polar surface area (TPSA) is 62.1 Å². The molecule has 0 saturated heterocycles. The second kappa shape index (κ2) is 10.4. The predicted octanol–water partition coefficient (Wildman–Crippen LogP) is 7.14. The van der Waals surface area contributed by atoms with E-state index in [9.17, 15) is 23.2 Å². The monoisotopic (exact) mass is 490 g/mol. The van der Waals surface area contributed by atoms with Crippen molar-refractivity contribution >= 4 is 40.9 Å². The van der Waals surface area contributed by atoms with Gasteiger partial charge in [-0.15, -0.1) is 0 Å². The van der Waals surface area contributed by atoms with E-state index in [-0.39, 0.29) is 22.9 Å². The first kappa shape index (κ1) is 24.2. The molecule has 4 nitrogen and oxygen atoms in total. The average molecular weight is 491 g/mol. The molecule has 3 aromatic rings. The summed E-state index contributed by atoms with van der Waals surface area (Å²) in [7, 11) is 0. The molecule has 168 valence electrons. The van der Waals surface area contributed by atoms with Crippen molar-refractivity contribution in [1.82, 2.24) is 0 Å². The number of carbonyl (C=O) groups excluding carboxylic acids is 1. The van der Waals surface area contributed by atoms with E-state index in [4.69, 9.17) is 27.9 Å². The molecule has 0 aromatic heterocycles. The number of benzene rings is 3. The molecule has 0 saturated carbocycles. The van der Waals surface area contributed by atoms with Crippen LogP contribution in [0, 0.1) is 11.3 Å². The number of hydrogen-bond acceptors (Lipinski definition) is 3. The lowest BCUT2D eigenvalue weighted by molar-refractivity contribution is -0.137. The Kier molecular flexibility index (Phi) is 7.64. The third-order valence-corrected chi connectivity index (χ3v) is 5.08. The van der Waals surface area contributed by atoms with Crippen molar-refractivity contribution in [2.24, 2.45) is 0 Å². The SMILES string of the molecule is N#C/C(=C\c1ccc(OCc2ccccc2Cl)c(Cl)c1)C(=O)Nc1cccc(C(F)(F)F)c1. The van der Waals surface area contributed by atoms with Gasteiger partial charge in [0, 0.05) is 16.3 Å². The number of nitriles is 1. The van der Waals surface area contributed by atoms with Gasteiger partial charge >= 0.3 is 6.18 Å². The fourth-order valence-corrected chi connectivity index (χ4v) is 3.22. The molecule has 1 amide bonds. The Balaban J connectivity index is 1.73. The van der Waals surface area contributed by atoms with Gasteiger partial charge in [0.1, 0.15) is 24.0 Å². The highest BCUT2D eigenvalue weighted by Gasteiger charge is 2.30. The summed E-state index contributed by atoms with van der Waals surface area (Å²) in [6.07, 6.45) is -3.28. The van der Waals surface area contributed by atoms with E-state index in [2.05, 4.69) is 5.32 Å². The summed E-state index contributed by atoms with van der Waals surface area (Å²) in [6, 6.07) is 17.7. The molecule has 0 bridgehead atoms. The summed E-state index contributed by atoms with van der Waals surface area (Å²) in [4.78, 5) is 12.4. The number of ether oxygens (including phenoxy) is 1. The molecule has 9 heteroatoms. The molecule has 1 N–H and O–H groups in total. The van der Waals surface area contributed by atoms with Crippen LogP contribution in [-0.2, 0) is 17.6 Å². The van der Waals surface area contributed by atoms with E-state index >= 15 is 0 Å². The van der Waals surface area contributed by atoms with Crippen molar-refractivity contribution in [1.29, 1.82) is 5.26 Å². The number of nitrogens with one attached hydrogen (secondary N) is 1. The van der Waals surface area contributed by atoms with Crippen molar-refractivity contribution in [3.05, 3.63) is 99.0 Å². The summed E-state index contributed by atoms with van der Waals surface area (Å²) in [5.41, 5.74) is -0.106. The molecule has 3 aromatic carbocycles. The van der Waals surface area contributed by atoms with Crippen LogP contribution < -0.4 is 10.1 Å². The van der Waals surface area contributed by atoms with Gasteiger partial charge in [-0.05, 0) is 48.0 Å². The highest BCUT2D eigenvalue weighted by Crippen LogP contribution is 2.31. The van der Waals surface area contributed by atoms with Gasteiger partial charge in [0.25, 0.3) is 5.91 Å². The van der Waals surface area contributed by atoms with Gasteiger partial charge in [-0.2, -0.15) is 18.4 Å². The molecule has 0 heterocycles. The summed E-state index contributed by atoms with van der Waals surface area (Å²) in [5, 5.41) is 12.4. The fourth-order valence-electron chi connectivity index (χ4n) is 2.78. The van der Waals surface area contributed by atoms with Crippen LogP contribution in [0.3, 0.4) is 0 Å². The Morgan fingerprint density at radius 1 is 1.03 bits per heavy atom. The van der Waals surface area contributed by atoms with Crippen LogP contribution in [0.1, 0.15) is 16.7 Å². The zero-order valence-corrected chi connectivity index (χ0v) is 18.3. The van der Waals surface area contributed by atoms with Gasteiger partial charge in [-0.25, -0.2) is 0 Å². The van der Waals surface area contributed by atoms with E-state index in [0.717, 1.165) is 23.8 Å². The van der Waals surface area contributed by atoms with E-state index in [0.29, 0.717) is 16.3 Å². The standard InChI is InChI=1S/C24H15Cl2F3N2O2/c25-20-7-2-1-4-16(20)14-33-22-9-8-15(11-21(22)26)10-17(13-30)23(32)31-19-6-3-5-18(12-19)24(27,28)29/h1-12H,14H2,(H,31,32)/b17-10+. The van der Waals surface area contributed by atoms with Gasteiger partial charge < -0.3 is 10.1 Å². The highest BCUT2D eigenvalue weighted by atomic mass is 35.5. The lowest BCUT2D eigenvalue weighted by atomic mass is 10.1. The quantitative estimate of drug-likeness (QED) is 0.295. The maximum atomic E-state index is 12.9. The van der Waals surface area contributed by atoms with Crippen LogP contribution in [0.4, 0.5) is 18.9 Å². The molecule has 0 atom stereocenters. The molecule has 0 aliphatic heterocycles. The largest absolute Gasteiger partial charge is 0.487 e. The Morgan fingerprint density at radius 3 is 2.45 bits per heavy atom. The van der Waals surface area contributed by atoms with Crippen LogP contribution in [0.25, 0.3) is 6.08 Å². The predicted molar refractivity (Wildman–Crippen MR) is 121 cm³/mol. The normalized spacial score (nSPS) is 11.6. The van der Waals surface area contributed by atoms with Crippen molar-refractivity contribution < 1.29 is 22.7 Å². The Bertz CT molecular complexity index is 1250. The third-order valence-electron chi connectivity index (χ3n) is 4.42. The van der Waals surface area contributed by atoms with Crippen LogP contribution in [0.2, 0.25) is 10.0 Å². The maximum Gasteiger partial charge on any atom is 0.416 e. The van der Waals surface area contributed by atoms with Crippen molar-refractivity contribution in [3.8, 4) is 11.8 Å². The van der Waals surface area contributed by atoms with Gasteiger partial charge in [-0.3, -0.25) is 4.79 Å². The maximum absolute atomic E-state index is 12.9. The van der Waals surface area contributed by atoms with Crippen LogP contribution in [0.15, 0.2) is 72.3 Å². The molecule has 0 fully saturated rings. The number of amides is 1. The van der Waals surface area contributed by atoms with E-state index in [1.165, 1.54) is 18.2 Å². The van der Waals surface area contributed by atoms with E-state index < -0.39 is 17.6 Å². The molecule has 0 aliphatic rings.